The second kappa shape index (κ2) is 4.35. The van der Waals surface area contributed by atoms with Crippen LogP contribution in [0.2, 0.25) is 0 Å². The molecule has 7 rings (SSSR count). The Morgan fingerprint density at radius 3 is 0.676 bits per heavy atom. The van der Waals surface area contributed by atoms with Crippen LogP contribution in [-0.2, 0) is 0 Å². The summed E-state index contributed by atoms with van der Waals surface area (Å²) in [6, 6.07) is 0. The van der Waals surface area contributed by atoms with E-state index in [9.17, 15) is 66.6 Å². The first-order chi connectivity index (χ1) is 14.5. The summed E-state index contributed by atoms with van der Waals surface area (Å²) in [5.41, 5.74) is -65.4. The summed E-state index contributed by atoms with van der Waals surface area (Å²) in [5.74, 6) is -49.9. The fourth-order valence-corrected chi connectivity index (χ4v) is 6.68. The van der Waals surface area contributed by atoms with Crippen LogP contribution in [0.1, 0.15) is 0 Å². The van der Waals surface area contributed by atoms with Gasteiger partial charge in [-0.3, -0.25) is 0 Å². The third-order valence-electron chi connectivity index (χ3n) is 8.11. The average Bonchev–Trinajstić information content (AvgIpc) is 2.68. The molecule has 0 heterocycles. The molecule has 7 aliphatic rings. The minimum absolute atomic E-state index is 7.89. The van der Waals surface area contributed by atoms with Crippen molar-refractivity contribution in [2.75, 3.05) is 0 Å². The average molecular weight is 546 g/mol. The van der Waals surface area contributed by atoms with Crippen molar-refractivity contribution in [3.05, 3.63) is 0 Å². The molecule has 1 nitrogen and oxygen atoms in total. The largest absolute Gasteiger partial charge is 0.377 e. The van der Waals surface area contributed by atoms with Crippen LogP contribution in [0.15, 0.2) is 0 Å². The molecule has 4 unspecified atom stereocenters. The Labute approximate surface area is 170 Å². The molecule has 0 aromatic carbocycles. The predicted molar refractivity (Wildman–Crippen MR) is 61.5 cm³/mol. The maximum atomic E-state index is 15.4. The van der Waals surface area contributed by atoms with Gasteiger partial charge in [0.1, 0.15) is 0 Å². The van der Waals surface area contributed by atoms with E-state index in [1.807, 2.05) is 0 Å². The lowest BCUT2D eigenvalue weighted by Crippen LogP contribution is -3.22. The second-order valence-electron chi connectivity index (χ2n) is 8.77. The molecule has 0 radical (unpaired) electrons. The zero-order chi connectivity index (χ0) is 27.0. The maximum absolute atomic E-state index is 15.4. The van der Waals surface area contributed by atoms with Crippen LogP contribution in [0.25, 0.3) is 0 Å². The first-order valence-corrected chi connectivity index (χ1v) is 8.31. The van der Waals surface area contributed by atoms with Crippen LogP contribution in [0.5, 0.6) is 0 Å². The Hall–Kier alpha value is -1.37. The molecule has 0 spiro atoms. The highest BCUT2D eigenvalue weighted by atomic mass is 19.3. The molecular weight excluding hydrogens is 545 g/mol. The first kappa shape index (κ1) is 24.3. The molecule has 8 bridgehead atoms. The molecule has 0 aromatic heterocycles. The molecule has 1 N–H and O–H groups in total. The van der Waals surface area contributed by atoms with E-state index >= 15 is 22.0 Å². The molecule has 34 heavy (non-hydrogen) atoms. The zero-order valence-electron chi connectivity index (χ0n) is 14.6. The highest BCUT2D eigenvalue weighted by Gasteiger charge is 3.33. The van der Waals surface area contributed by atoms with Gasteiger partial charge < -0.3 is 5.11 Å². The number of aliphatic hydroxyl groups is 1. The minimum atomic E-state index is -8.37. The quantitative estimate of drug-likeness (QED) is 0.443. The van der Waals surface area contributed by atoms with Gasteiger partial charge in [-0.15, -0.1) is 0 Å². The monoisotopic (exact) mass is 546 g/mol. The lowest BCUT2D eigenvalue weighted by Gasteiger charge is -2.86. The summed E-state index contributed by atoms with van der Waals surface area (Å²) in [5, 5.41) is 9.67. The second-order valence-corrected chi connectivity index (χ2v) is 8.77. The number of rotatable bonds is 0. The highest BCUT2D eigenvalue weighted by molar-refractivity contribution is 5.68. The number of alkyl halides is 19. The van der Waals surface area contributed by atoms with Crippen LogP contribution in [0.4, 0.5) is 83.4 Å². The van der Waals surface area contributed by atoms with Crippen molar-refractivity contribution in [3.8, 4) is 0 Å². The molecule has 4 atom stereocenters. The summed E-state index contributed by atoms with van der Waals surface area (Å²) >= 11 is 0. The highest BCUT2D eigenvalue weighted by Crippen LogP contribution is 2.98. The van der Waals surface area contributed by atoms with Gasteiger partial charge in [0.15, 0.2) is 0 Å². The van der Waals surface area contributed by atoms with E-state index in [4.69, 9.17) is 0 Å². The van der Waals surface area contributed by atoms with Crippen LogP contribution >= 0.6 is 0 Å². The Kier molecular flexibility index (Phi) is 3.11. The fourth-order valence-electron chi connectivity index (χ4n) is 6.68. The number of hydrogen-bond donors (Lipinski definition) is 1. The molecule has 0 aromatic rings. The summed E-state index contributed by atoms with van der Waals surface area (Å²) in [7, 11) is 0. The van der Waals surface area contributed by atoms with Gasteiger partial charge in [0.05, 0.1) is 0 Å². The Morgan fingerprint density at radius 2 is 0.412 bits per heavy atom. The van der Waals surface area contributed by atoms with E-state index in [0.717, 1.165) is 0 Å². The van der Waals surface area contributed by atoms with Crippen molar-refractivity contribution in [2.24, 2.45) is 0 Å². The molecule has 0 aliphatic heterocycles. The van der Waals surface area contributed by atoms with Crippen molar-refractivity contribution in [2.45, 2.75) is 80.8 Å². The van der Waals surface area contributed by atoms with Crippen LogP contribution in [0, 0.1) is 0 Å². The summed E-state index contributed by atoms with van der Waals surface area (Å²) in [4.78, 5) is 0. The summed E-state index contributed by atoms with van der Waals surface area (Å²) in [6.07, 6.45) is 0. The van der Waals surface area contributed by atoms with E-state index < -0.39 is 80.8 Å². The van der Waals surface area contributed by atoms with Gasteiger partial charge in [-0.1, -0.05) is 0 Å². The van der Waals surface area contributed by atoms with E-state index in [-0.39, 0.29) is 0 Å². The molecular formula is C14HF19O. The van der Waals surface area contributed by atoms with Gasteiger partial charge in [0.25, 0.3) is 28.3 Å². The predicted octanol–water partition coefficient (Wildman–Crippen LogP) is 4.56. The first-order valence-electron chi connectivity index (χ1n) is 8.31. The van der Waals surface area contributed by atoms with Crippen LogP contribution < -0.4 is 0 Å². The molecule has 7 fully saturated rings. The molecule has 0 amide bonds. The maximum Gasteiger partial charge on any atom is 0.334 e. The van der Waals surface area contributed by atoms with Crippen molar-refractivity contribution in [1.82, 2.24) is 0 Å². The van der Waals surface area contributed by atoms with E-state index in [1.165, 1.54) is 0 Å². The van der Waals surface area contributed by atoms with Crippen molar-refractivity contribution < 1.29 is 88.5 Å². The number of hydrogen-bond acceptors (Lipinski definition) is 1. The van der Waals surface area contributed by atoms with E-state index in [0.29, 0.717) is 0 Å². The minimum Gasteiger partial charge on any atom is -0.377 e. The third kappa shape index (κ3) is 1.04. The fraction of sp³-hybridized carbons (Fsp3) is 1.00. The van der Waals surface area contributed by atoms with Gasteiger partial charge in [0.2, 0.25) is 5.60 Å². The third-order valence-corrected chi connectivity index (χ3v) is 8.11. The van der Waals surface area contributed by atoms with Gasteiger partial charge in [-0.2, -0.15) is 52.7 Å². The van der Waals surface area contributed by atoms with E-state index in [1.54, 1.807) is 0 Å². The van der Waals surface area contributed by atoms with Crippen molar-refractivity contribution >= 4 is 0 Å². The van der Waals surface area contributed by atoms with Gasteiger partial charge >= 0.3 is 46.9 Å². The van der Waals surface area contributed by atoms with Crippen molar-refractivity contribution in [3.63, 3.8) is 0 Å². The molecule has 7 aliphatic carbocycles. The Bertz CT molecular complexity index is 848. The number of halogens is 19. The SMILES string of the molecule is OC12C(F)(F)C3(F)C(F)(F)C4(F)C1(F)C(F)(F)C1(F)C(F)(F)C2(F)C(F)(C3(F)F)C4(F)C1(F)F. The lowest BCUT2D eigenvalue weighted by molar-refractivity contribution is -0.668. The zero-order valence-corrected chi connectivity index (χ0v) is 14.6. The Morgan fingerprint density at radius 1 is 0.235 bits per heavy atom. The Balaban J connectivity index is 2.25. The van der Waals surface area contributed by atoms with Gasteiger partial charge in [-0.05, 0) is 0 Å². The summed E-state index contributed by atoms with van der Waals surface area (Å²) < 4.78 is 281. The molecule has 20 heteroatoms. The topological polar surface area (TPSA) is 20.2 Å². The summed E-state index contributed by atoms with van der Waals surface area (Å²) in [6.45, 7) is 0. The van der Waals surface area contributed by atoms with Gasteiger partial charge in [0, 0.05) is 0 Å². The van der Waals surface area contributed by atoms with Gasteiger partial charge in [-0.25, -0.2) is 30.7 Å². The lowest BCUT2D eigenvalue weighted by atomic mass is 9.22. The molecule has 0 saturated heterocycles. The normalized spacial score (nSPS) is 63.9. The van der Waals surface area contributed by atoms with Crippen LogP contribution in [-0.4, -0.2) is 85.9 Å². The molecule has 7 saturated carbocycles. The van der Waals surface area contributed by atoms with E-state index in [2.05, 4.69) is 0 Å². The van der Waals surface area contributed by atoms with Crippen LogP contribution in [0.3, 0.4) is 0 Å². The smallest absolute Gasteiger partial charge is 0.334 e. The van der Waals surface area contributed by atoms with Crippen molar-refractivity contribution in [1.29, 1.82) is 0 Å². The molecule has 196 valence electrons. The standard InChI is InChI=1S/C14HF19O/c15-1-2(16)4(18)8(34)5(19,13(30,31)6(20,9(1,22)23)12(4,28)29)3(1,17)11(26,27)7(21,10(2,24)25)14(8,32)33/h34H.